The molecule has 0 aromatic heterocycles. The number of halogens is 4. The van der Waals surface area contributed by atoms with Crippen LogP contribution in [0.5, 0.6) is 0 Å². The van der Waals surface area contributed by atoms with Crippen LogP contribution in [0, 0.1) is 0 Å². The molecule has 1 aromatic carbocycles. The van der Waals surface area contributed by atoms with Crippen molar-refractivity contribution < 1.29 is 13.2 Å². The van der Waals surface area contributed by atoms with E-state index in [1.165, 1.54) is 4.90 Å². The van der Waals surface area contributed by atoms with E-state index < -0.39 is 12.7 Å². The molecule has 2 nitrogen and oxygen atoms in total. The molecule has 0 saturated carbocycles. The molecule has 0 saturated heterocycles. The highest BCUT2D eigenvalue weighted by molar-refractivity contribution is 6.33. The number of nitrogens with one attached hydrogen (secondary N) is 1. The van der Waals surface area contributed by atoms with Gasteiger partial charge in [-0.05, 0) is 24.6 Å². The first-order valence-electron chi connectivity index (χ1n) is 6.56. The van der Waals surface area contributed by atoms with Crippen LogP contribution in [-0.2, 0) is 6.54 Å². The molecule has 6 heteroatoms. The standard InChI is InChI=1S/C14H20ClF3N2/c1-4-20(9-14(16,17)18)13-6-5-11(7-12(13)15)8-19-10(2)3/h5-7,10,19H,4,8-9H2,1-3H3. The molecule has 0 amide bonds. The summed E-state index contributed by atoms with van der Waals surface area (Å²) in [6.45, 7) is 5.63. The lowest BCUT2D eigenvalue weighted by Crippen LogP contribution is -2.34. The van der Waals surface area contributed by atoms with Gasteiger partial charge in [0.05, 0.1) is 10.7 Å². The molecule has 1 rings (SSSR count). The Bertz CT molecular complexity index is 433. The van der Waals surface area contributed by atoms with E-state index in [0.29, 0.717) is 23.3 Å². The summed E-state index contributed by atoms with van der Waals surface area (Å²) >= 11 is 6.11. The predicted octanol–water partition coefficient (Wildman–Crippen LogP) is 4.23. The van der Waals surface area contributed by atoms with E-state index in [9.17, 15) is 13.2 Å². The van der Waals surface area contributed by atoms with Crippen LogP contribution in [0.4, 0.5) is 18.9 Å². The Hall–Kier alpha value is -0.940. The second kappa shape index (κ2) is 7.18. The Labute approximate surface area is 122 Å². The van der Waals surface area contributed by atoms with Crippen molar-refractivity contribution in [2.75, 3.05) is 18.0 Å². The van der Waals surface area contributed by atoms with E-state index >= 15 is 0 Å². The van der Waals surface area contributed by atoms with Gasteiger partial charge >= 0.3 is 6.18 Å². The molecule has 1 aromatic rings. The fourth-order valence-corrected chi connectivity index (χ4v) is 2.15. The lowest BCUT2D eigenvalue weighted by molar-refractivity contribution is -0.119. The smallest absolute Gasteiger partial charge is 0.362 e. The van der Waals surface area contributed by atoms with Crippen LogP contribution >= 0.6 is 11.6 Å². The van der Waals surface area contributed by atoms with E-state index in [4.69, 9.17) is 11.6 Å². The van der Waals surface area contributed by atoms with Crippen molar-refractivity contribution in [3.05, 3.63) is 28.8 Å². The number of nitrogens with zero attached hydrogens (tertiary/aromatic N) is 1. The van der Waals surface area contributed by atoms with Crippen molar-refractivity contribution in [1.82, 2.24) is 5.32 Å². The average Bonchev–Trinajstić information content (AvgIpc) is 2.33. The van der Waals surface area contributed by atoms with Crippen LogP contribution in [0.1, 0.15) is 26.3 Å². The maximum absolute atomic E-state index is 12.5. The monoisotopic (exact) mass is 308 g/mol. The first kappa shape index (κ1) is 17.1. The number of benzene rings is 1. The minimum absolute atomic E-state index is 0.253. The molecule has 0 bridgehead atoms. The number of rotatable bonds is 6. The molecule has 1 N–H and O–H groups in total. The first-order chi connectivity index (χ1) is 9.23. The number of alkyl halides is 3. The van der Waals surface area contributed by atoms with Gasteiger partial charge in [-0.15, -0.1) is 0 Å². The molecule has 0 heterocycles. The third-order valence-electron chi connectivity index (χ3n) is 2.82. The van der Waals surface area contributed by atoms with Gasteiger partial charge in [-0.2, -0.15) is 13.2 Å². The van der Waals surface area contributed by atoms with Crippen molar-refractivity contribution in [2.24, 2.45) is 0 Å². The summed E-state index contributed by atoms with van der Waals surface area (Å²) in [5.74, 6) is 0. The van der Waals surface area contributed by atoms with Gasteiger partial charge in [0, 0.05) is 19.1 Å². The summed E-state index contributed by atoms with van der Waals surface area (Å²) < 4.78 is 37.5. The van der Waals surface area contributed by atoms with Crippen molar-refractivity contribution >= 4 is 17.3 Å². The zero-order valence-corrected chi connectivity index (χ0v) is 12.6. The lowest BCUT2D eigenvalue weighted by atomic mass is 10.2. The van der Waals surface area contributed by atoms with Crippen LogP contribution in [0.2, 0.25) is 5.02 Å². The van der Waals surface area contributed by atoms with Gasteiger partial charge in [0.25, 0.3) is 0 Å². The van der Waals surface area contributed by atoms with Crippen molar-refractivity contribution in [3.63, 3.8) is 0 Å². The summed E-state index contributed by atoms with van der Waals surface area (Å²) in [6.07, 6.45) is -4.24. The lowest BCUT2D eigenvalue weighted by Gasteiger charge is -2.25. The van der Waals surface area contributed by atoms with Crippen molar-refractivity contribution in [2.45, 2.75) is 39.5 Å². The fraction of sp³-hybridized carbons (Fsp3) is 0.571. The minimum Gasteiger partial charge on any atom is -0.362 e. The normalized spacial score (nSPS) is 12.0. The molecule has 0 spiro atoms. The molecule has 0 unspecified atom stereocenters. The van der Waals surface area contributed by atoms with Crippen LogP contribution in [0.25, 0.3) is 0 Å². The van der Waals surface area contributed by atoms with Crippen molar-refractivity contribution in [1.29, 1.82) is 0 Å². The van der Waals surface area contributed by atoms with Crippen LogP contribution < -0.4 is 10.2 Å². The van der Waals surface area contributed by atoms with Gasteiger partial charge in [0.2, 0.25) is 0 Å². The van der Waals surface area contributed by atoms with Gasteiger partial charge < -0.3 is 10.2 Å². The highest BCUT2D eigenvalue weighted by Gasteiger charge is 2.30. The highest BCUT2D eigenvalue weighted by Crippen LogP contribution is 2.29. The molecule has 0 aliphatic rings. The molecule has 0 radical (unpaired) electrons. The van der Waals surface area contributed by atoms with Gasteiger partial charge in [-0.1, -0.05) is 31.5 Å². The summed E-state index contributed by atoms with van der Waals surface area (Å²) in [7, 11) is 0. The zero-order chi connectivity index (χ0) is 15.3. The third kappa shape index (κ3) is 5.59. The summed E-state index contributed by atoms with van der Waals surface area (Å²) in [5.41, 5.74) is 1.37. The van der Waals surface area contributed by atoms with E-state index in [-0.39, 0.29) is 6.54 Å². The molecule has 20 heavy (non-hydrogen) atoms. The molecular weight excluding hydrogens is 289 g/mol. The topological polar surface area (TPSA) is 15.3 Å². The quantitative estimate of drug-likeness (QED) is 0.846. The summed E-state index contributed by atoms with van der Waals surface area (Å²) in [4.78, 5) is 1.22. The number of hydrogen-bond acceptors (Lipinski definition) is 2. The average molecular weight is 309 g/mol. The minimum atomic E-state index is -4.24. The molecule has 0 aliphatic heterocycles. The van der Waals surface area contributed by atoms with E-state index in [0.717, 1.165) is 5.56 Å². The van der Waals surface area contributed by atoms with Gasteiger partial charge in [-0.3, -0.25) is 0 Å². The van der Waals surface area contributed by atoms with Crippen LogP contribution in [0.15, 0.2) is 18.2 Å². The Morgan fingerprint density at radius 2 is 1.95 bits per heavy atom. The SMILES string of the molecule is CCN(CC(F)(F)F)c1ccc(CNC(C)C)cc1Cl. The summed E-state index contributed by atoms with van der Waals surface area (Å²) in [5, 5.41) is 3.58. The Morgan fingerprint density at radius 1 is 1.30 bits per heavy atom. The molecular formula is C14H20ClF3N2. The van der Waals surface area contributed by atoms with Gasteiger partial charge in [-0.25, -0.2) is 0 Å². The largest absolute Gasteiger partial charge is 0.405 e. The molecule has 0 fully saturated rings. The second-order valence-corrected chi connectivity index (χ2v) is 5.36. The maximum atomic E-state index is 12.5. The Morgan fingerprint density at radius 3 is 2.40 bits per heavy atom. The van der Waals surface area contributed by atoms with Crippen LogP contribution in [0.3, 0.4) is 0 Å². The van der Waals surface area contributed by atoms with E-state index in [2.05, 4.69) is 5.32 Å². The second-order valence-electron chi connectivity index (χ2n) is 4.95. The van der Waals surface area contributed by atoms with Crippen molar-refractivity contribution in [3.8, 4) is 0 Å². The highest BCUT2D eigenvalue weighted by atomic mass is 35.5. The zero-order valence-electron chi connectivity index (χ0n) is 11.9. The Kier molecular flexibility index (Phi) is 6.14. The first-order valence-corrected chi connectivity index (χ1v) is 6.94. The number of anilines is 1. The Balaban J connectivity index is 2.85. The summed E-state index contributed by atoms with van der Waals surface area (Å²) in [6, 6.07) is 5.50. The van der Waals surface area contributed by atoms with Crippen LogP contribution in [-0.4, -0.2) is 25.3 Å². The third-order valence-corrected chi connectivity index (χ3v) is 3.12. The predicted molar refractivity (Wildman–Crippen MR) is 77.4 cm³/mol. The van der Waals surface area contributed by atoms with E-state index in [1.807, 2.05) is 13.8 Å². The van der Waals surface area contributed by atoms with Gasteiger partial charge in [0.15, 0.2) is 0 Å². The molecule has 0 aliphatic carbocycles. The van der Waals surface area contributed by atoms with E-state index in [1.54, 1.807) is 25.1 Å². The molecule has 0 atom stereocenters. The molecule has 114 valence electrons. The fourth-order valence-electron chi connectivity index (χ4n) is 1.82. The van der Waals surface area contributed by atoms with Gasteiger partial charge in [0.1, 0.15) is 6.54 Å². The maximum Gasteiger partial charge on any atom is 0.405 e. The number of hydrogen-bond donors (Lipinski definition) is 1.